The third kappa shape index (κ3) is 8.52. The van der Waals surface area contributed by atoms with Crippen LogP contribution in [0, 0.1) is 0 Å². The molecule has 10 nitrogen and oxygen atoms in total. The fourth-order valence-electron chi connectivity index (χ4n) is 5.68. The van der Waals surface area contributed by atoms with Crippen molar-refractivity contribution in [3.63, 3.8) is 0 Å². The number of rotatable bonds is 11. The zero-order valence-corrected chi connectivity index (χ0v) is 25.8. The van der Waals surface area contributed by atoms with Gasteiger partial charge in [-0.25, -0.2) is 8.42 Å². The third-order valence-corrected chi connectivity index (χ3v) is 10.1. The molecule has 2 amide bonds. The average molecular weight is 620 g/mol. The molecule has 0 bridgehead atoms. The van der Waals surface area contributed by atoms with Gasteiger partial charge in [-0.1, -0.05) is 72.8 Å². The molecule has 0 saturated carbocycles. The van der Waals surface area contributed by atoms with E-state index in [0.717, 1.165) is 31.7 Å². The summed E-state index contributed by atoms with van der Waals surface area (Å²) < 4.78 is 32.2. The van der Waals surface area contributed by atoms with Crippen molar-refractivity contribution in [2.24, 2.45) is 0 Å². The summed E-state index contributed by atoms with van der Waals surface area (Å²) >= 11 is 0. The minimum Gasteiger partial charge on any atom is -0.379 e. The van der Waals surface area contributed by atoms with E-state index in [-0.39, 0.29) is 29.2 Å². The fourth-order valence-corrected chi connectivity index (χ4v) is 7.08. The maximum absolute atomic E-state index is 12.8. The number of piperazine rings is 1. The molecule has 11 heteroatoms. The number of hydrogen-bond acceptors (Lipinski definition) is 7. The Morgan fingerprint density at radius 3 is 1.82 bits per heavy atom. The Bertz CT molecular complexity index is 1420. The normalized spacial score (nSPS) is 16.9. The number of hydrazine groups is 1. The van der Waals surface area contributed by atoms with E-state index in [1.54, 1.807) is 24.3 Å². The SMILES string of the molecule is O=C(CCc1ccc(S(=O)(=O)N2CCOCC2)cc1)NNC(=O)CCN1CCN(C(c2ccccc2)c2ccccc2)CC1. The first-order valence-corrected chi connectivity index (χ1v) is 16.6. The van der Waals surface area contributed by atoms with E-state index in [9.17, 15) is 18.0 Å². The summed E-state index contributed by atoms with van der Waals surface area (Å²) in [6.07, 6.45) is 0.888. The number of aryl methyl sites for hydroxylation is 1. The van der Waals surface area contributed by atoms with E-state index in [0.29, 0.717) is 45.7 Å². The summed E-state index contributed by atoms with van der Waals surface area (Å²) in [7, 11) is -3.55. The van der Waals surface area contributed by atoms with Crippen molar-refractivity contribution in [2.45, 2.75) is 30.2 Å². The number of hydrogen-bond donors (Lipinski definition) is 2. The Kier molecular flexibility index (Phi) is 11.1. The number of nitrogens with one attached hydrogen (secondary N) is 2. The van der Waals surface area contributed by atoms with Crippen LogP contribution in [-0.4, -0.2) is 93.4 Å². The minimum atomic E-state index is -3.55. The molecular formula is C33H41N5O5S. The predicted octanol–water partition coefficient (Wildman–Crippen LogP) is 2.58. The van der Waals surface area contributed by atoms with Gasteiger partial charge in [0.15, 0.2) is 0 Å². The number of ether oxygens (including phenoxy) is 1. The van der Waals surface area contributed by atoms with Crippen LogP contribution < -0.4 is 10.9 Å². The molecule has 2 heterocycles. The van der Waals surface area contributed by atoms with Crippen molar-refractivity contribution >= 4 is 21.8 Å². The molecule has 2 N–H and O–H groups in total. The van der Waals surface area contributed by atoms with E-state index >= 15 is 0 Å². The zero-order valence-electron chi connectivity index (χ0n) is 24.9. The van der Waals surface area contributed by atoms with Gasteiger partial charge >= 0.3 is 0 Å². The number of carbonyl (C=O) groups is 2. The smallest absolute Gasteiger partial charge is 0.243 e. The Hall–Kier alpha value is -3.61. The summed E-state index contributed by atoms with van der Waals surface area (Å²) in [5.74, 6) is -0.533. The number of nitrogens with zero attached hydrogens (tertiary/aromatic N) is 3. The largest absolute Gasteiger partial charge is 0.379 e. The molecule has 2 aliphatic rings. The Morgan fingerprint density at radius 1 is 0.705 bits per heavy atom. The molecule has 0 spiro atoms. The topological polar surface area (TPSA) is 111 Å². The van der Waals surface area contributed by atoms with Gasteiger partial charge in [0.25, 0.3) is 0 Å². The summed E-state index contributed by atoms with van der Waals surface area (Å²) in [5, 5.41) is 0. The van der Waals surface area contributed by atoms with Crippen LogP contribution in [0.25, 0.3) is 0 Å². The Morgan fingerprint density at radius 2 is 1.25 bits per heavy atom. The van der Waals surface area contributed by atoms with Gasteiger partial charge in [0.05, 0.1) is 24.2 Å². The van der Waals surface area contributed by atoms with Crippen LogP contribution in [0.15, 0.2) is 89.8 Å². The van der Waals surface area contributed by atoms with Crippen molar-refractivity contribution in [3.05, 3.63) is 102 Å². The summed E-state index contributed by atoms with van der Waals surface area (Å²) in [6, 6.07) is 27.9. The lowest BCUT2D eigenvalue weighted by atomic mass is 9.96. The molecule has 3 aromatic carbocycles. The monoisotopic (exact) mass is 619 g/mol. The number of benzene rings is 3. The van der Waals surface area contributed by atoms with E-state index < -0.39 is 10.0 Å². The average Bonchev–Trinajstić information content (AvgIpc) is 3.07. The van der Waals surface area contributed by atoms with Gasteiger partial charge in [-0.05, 0) is 35.2 Å². The fraction of sp³-hybridized carbons (Fsp3) is 0.394. The van der Waals surface area contributed by atoms with E-state index in [2.05, 4.69) is 69.2 Å². The molecule has 0 atom stereocenters. The molecule has 0 radical (unpaired) electrons. The first kappa shape index (κ1) is 31.8. The molecule has 2 fully saturated rings. The van der Waals surface area contributed by atoms with Gasteiger partial charge in [-0.2, -0.15) is 4.31 Å². The van der Waals surface area contributed by atoms with Gasteiger partial charge in [0.2, 0.25) is 21.8 Å². The molecule has 234 valence electrons. The maximum atomic E-state index is 12.8. The van der Waals surface area contributed by atoms with Gasteiger partial charge in [0.1, 0.15) is 0 Å². The van der Waals surface area contributed by atoms with Crippen LogP contribution in [0.3, 0.4) is 0 Å². The zero-order chi connectivity index (χ0) is 30.8. The molecule has 5 rings (SSSR count). The van der Waals surface area contributed by atoms with Crippen LogP contribution in [0.2, 0.25) is 0 Å². The first-order valence-electron chi connectivity index (χ1n) is 15.2. The van der Waals surface area contributed by atoms with E-state index in [1.165, 1.54) is 15.4 Å². The molecule has 0 aliphatic carbocycles. The second-order valence-corrected chi connectivity index (χ2v) is 13.0. The quantitative estimate of drug-likeness (QED) is 0.318. The van der Waals surface area contributed by atoms with Crippen molar-refractivity contribution in [1.82, 2.24) is 25.0 Å². The Balaban J connectivity index is 1.01. The lowest BCUT2D eigenvalue weighted by molar-refractivity contribution is -0.129. The molecule has 2 saturated heterocycles. The highest BCUT2D eigenvalue weighted by molar-refractivity contribution is 7.89. The Labute approximate surface area is 260 Å². The first-order chi connectivity index (χ1) is 21.4. The van der Waals surface area contributed by atoms with Crippen molar-refractivity contribution in [3.8, 4) is 0 Å². The maximum Gasteiger partial charge on any atom is 0.243 e. The van der Waals surface area contributed by atoms with Crippen molar-refractivity contribution in [1.29, 1.82) is 0 Å². The molecule has 44 heavy (non-hydrogen) atoms. The van der Waals surface area contributed by atoms with Gasteiger partial charge in [0, 0.05) is 58.7 Å². The number of morpholine rings is 1. The number of carbonyl (C=O) groups excluding carboxylic acids is 2. The van der Waals surface area contributed by atoms with Gasteiger partial charge < -0.3 is 9.64 Å². The second kappa shape index (κ2) is 15.4. The molecule has 0 aromatic heterocycles. The number of sulfonamides is 1. The lowest BCUT2D eigenvalue weighted by Gasteiger charge is -2.39. The van der Waals surface area contributed by atoms with Crippen molar-refractivity contribution < 1.29 is 22.7 Å². The molecule has 2 aliphatic heterocycles. The predicted molar refractivity (Wildman–Crippen MR) is 168 cm³/mol. The molecular weight excluding hydrogens is 578 g/mol. The summed E-state index contributed by atoms with van der Waals surface area (Å²) in [5.41, 5.74) is 8.41. The third-order valence-electron chi connectivity index (χ3n) is 8.17. The summed E-state index contributed by atoms with van der Waals surface area (Å²) in [6.45, 7) is 5.61. The number of amides is 2. The highest BCUT2D eigenvalue weighted by Crippen LogP contribution is 2.29. The lowest BCUT2D eigenvalue weighted by Crippen LogP contribution is -2.49. The van der Waals surface area contributed by atoms with Crippen LogP contribution >= 0.6 is 0 Å². The highest BCUT2D eigenvalue weighted by atomic mass is 32.2. The van der Waals surface area contributed by atoms with Crippen molar-refractivity contribution in [2.75, 3.05) is 59.0 Å². The van der Waals surface area contributed by atoms with Gasteiger partial charge in [-0.15, -0.1) is 0 Å². The second-order valence-electron chi connectivity index (χ2n) is 11.1. The minimum absolute atomic E-state index is 0.168. The van der Waals surface area contributed by atoms with Crippen LogP contribution in [-0.2, 0) is 30.8 Å². The van der Waals surface area contributed by atoms with E-state index in [1.807, 2.05) is 12.1 Å². The molecule has 3 aromatic rings. The van der Waals surface area contributed by atoms with Crippen LogP contribution in [0.5, 0.6) is 0 Å². The van der Waals surface area contributed by atoms with E-state index in [4.69, 9.17) is 4.74 Å². The van der Waals surface area contributed by atoms with Crippen LogP contribution in [0.4, 0.5) is 0 Å². The molecule has 0 unspecified atom stereocenters. The van der Waals surface area contributed by atoms with Gasteiger partial charge in [-0.3, -0.25) is 25.3 Å². The van der Waals surface area contributed by atoms with Crippen LogP contribution in [0.1, 0.15) is 35.6 Å². The highest BCUT2D eigenvalue weighted by Gasteiger charge is 2.27. The summed E-state index contributed by atoms with van der Waals surface area (Å²) in [4.78, 5) is 29.8. The standard InChI is InChI=1S/C33H41N5O5S/c39-31(16-13-27-11-14-30(15-12-27)44(41,42)38-23-25-43-26-24-38)34-35-32(40)17-18-36-19-21-37(22-20-36)33(28-7-3-1-4-8-28)29-9-5-2-6-10-29/h1-12,14-15,33H,13,16-26H2,(H,34,39)(H,35,40).